The molecule has 1 aliphatic heterocycles. The maximum Gasteiger partial charge on any atom is 0.360 e. The molecule has 0 radical (unpaired) electrons. The summed E-state index contributed by atoms with van der Waals surface area (Å²) in [7, 11) is 1.36. The fourth-order valence-electron chi connectivity index (χ4n) is 6.81. The summed E-state index contributed by atoms with van der Waals surface area (Å²) in [5.74, 6) is 0.828. The van der Waals surface area contributed by atoms with Gasteiger partial charge in [0.1, 0.15) is 36.1 Å². The van der Waals surface area contributed by atoms with E-state index in [2.05, 4.69) is 76.4 Å². The highest BCUT2D eigenvalue weighted by Crippen LogP contribution is 2.39. The van der Waals surface area contributed by atoms with Gasteiger partial charge < -0.3 is 14.2 Å². The minimum absolute atomic E-state index is 0.115. The van der Waals surface area contributed by atoms with Crippen molar-refractivity contribution in [1.29, 1.82) is 0 Å². The van der Waals surface area contributed by atoms with Gasteiger partial charge in [-0.15, -0.1) is 5.10 Å². The zero-order chi connectivity index (χ0) is 37.3. The van der Waals surface area contributed by atoms with E-state index in [9.17, 15) is 4.79 Å². The largest absolute Gasteiger partial charge is 0.488 e. The number of methoxy groups -OCH3 is 1. The van der Waals surface area contributed by atoms with Crippen molar-refractivity contribution in [3.8, 4) is 28.4 Å². The van der Waals surface area contributed by atoms with E-state index in [1.807, 2.05) is 84.9 Å². The number of esters is 1. The predicted molar refractivity (Wildman–Crippen MR) is 211 cm³/mol. The summed E-state index contributed by atoms with van der Waals surface area (Å²) >= 11 is 0. The average molecular weight is 722 g/mol. The van der Waals surface area contributed by atoms with E-state index in [4.69, 9.17) is 14.2 Å². The highest BCUT2D eigenvalue weighted by Gasteiger charge is 2.27. The number of carbonyl (C=O) groups is 1. The van der Waals surface area contributed by atoms with Gasteiger partial charge in [-0.1, -0.05) is 134 Å². The monoisotopic (exact) mass is 721 g/mol. The van der Waals surface area contributed by atoms with Crippen molar-refractivity contribution in [3.63, 3.8) is 0 Å². The van der Waals surface area contributed by atoms with Crippen LogP contribution in [0.25, 0.3) is 16.9 Å². The fourth-order valence-corrected chi connectivity index (χ4v) is 6.81. The molecule has 54 heavy (non-hydrogen) atoms. The average Bonchev–Trinajstić information content (AvgIpc) is 3.66. The first-order valence-corrected chi connectivity index (χ1v) is 18.6. The van der Waals surface area contributed by atoms with Crippen molar-refractivity contribution in [2.75, 3.05) is 33.3 Å². The number of piperazine rings is 1. The number of ether oxygens (including phenoxy) is 3. The molecule has 0 bridgehead atoms. The molecule has 0 N–H and O–H groups in total. The van der Waals surface area contributed by atoms with Crippen LogP contribution in [0.2, 0.25) is 0 Å². The Hall–Kier alpha value is -5.77. The van der Waals surface area contributed by atoms with Crippen molar-refractivity contribution >= 4 is 5.97 Å². The molecule has 6 aromatic rings. The van der Waals surface area contributed by atoms with E-state index in [-0.39, 0.29) is 11.6 Å². The lowest BCUT2D eigenvalue weighted by Crippen LogP contribution is -2.45. The Morgan fingerprint density at radius 1 is 0.648 bits per heavy atom. The zero-order valence-corrected chi connectivity index (χ0v) is 31.2. The molecule has 1 saturated heterocycles. The van der Waals surface area contributed by atoms with Gasteiger partial charge in [-0.05, 0) is 39.8 Å². The molecule has 9 heteroatoms. The van der Waals surface area contributed by atoms with Crippen LogP contribution in [-0.4, -0.2) is 64.1 Å². The molecular formula is C45H47N5O4. The third-order valence-corrected chi connectivity index (χ3v) is 9.81. The van der Waals surface area contributed by atoms with Crippen LogP contribution in [0, 0.1) is 0 Å². The first-order valence-electron chi connectivity index (χ1n) is 18.6. The molecule has 0 atom stereocenters. The molecule has 0 aliphatic carbocycles. The molecule has 276 valence electrons. The number of carbonyl (C=O) groups excluding carboxylic acids is 1. The van der Waals surface area contributed by atoms with Gasteiger partial charge in [-0.25, -0.2) is 9.48 Å². The smallest absolute Gasteiger partial charge is 0.360 e. The summed E-state index contributed by atoms with van der Waals surface area (Å²) in [5.41, 5.74) is 7.71. The molecule has 1 aromatic heterocycles. The normalized spacial score (nSPS) is 13.6. The Kier molecular flexibility index (Phi) is 11.8. The van der Waals surface area contributed by atoms with Crippen molar-refractivity contribution < 1.29 is 19.0 Å². The molecule has 7 rings (SSSR count). The molecule has 0 saturated carbocycles. The number of aromatic nitrogens is 3. The number of nitrogens with zero attached hydrogens (tertiary/aromatic N) is 5. The van der Waals surface area contributed by atoms with Gasteiger partial charge in [-0.2, -0.15) is 0 Å². The van der Waals surface area contributed by atoms with Gasteiger partial charge >= 0.3 is 5.97 Å². The van der Waals surface area contributed by atoms with Crippen LogP contribution in [0.5, 0.6) is 11.5 Å². The van der Waals surface area contributed by atoms with Gasteiger partial charge in [0.25, 0.3) is 0 Å². The lowest BCUT2D eigenvalue weighted by molar-refractivity contribution is 0.0595. The SMILES string of the molecule is COC(=O)c1nnn(-c2cc(C(C)C)c(OCc3ccccc3)cc2OCc2ccccc2)c1-c1ccc(CN2CCN(Cc3ccccc3)CC2)cc1. The summed E-state index contributed by atoms with van der Waals surface area (Å²) in [6, 6.07) is 43.1. The molecule has 2 heterocycles. The Balaban J connectivity index is 1.18. The highest BCUT2D eigenvalue weighted by molar-refractivity contribution is 5.94. The maximum absolute atomic E-state index is 13.2. The fraction of sp³-hybridized carbons (Fsp3) is 0.267. The summed E-state index contributed by atoms with van der Waals surface area (Å²) in [6.45, 7) is 10.9. The third-order valence-electron chi connectivity index (χ3n) is 9.81. The first kappa shape index (κ1) is 36.6. The van der Waals surface area contributed by atoms with E-state index in [1.54, 1.807) is 4.68 Å². The lowest BCUT2D eigenvalue weighted by Gasteiger charge is -2.34. The third kappa shape index (κ3) is 8.87. The van der Waals surface area contributed by atoms with Gasteiger partial charge in [-0.3, -0.25) is 9.80 Å². The Labute approximate surface area is 317 Å². The second-order valence-corrected chi connectivity index (χ2v) is 14.0. The molecule has 1 fully saturated rings. The highest BCUT2D eigenvalue weighted by atomic mass is 16.5. The van der Waals surface area contributed by atoms with Crippen molar-refractivity contribution in [2.24, 2.45) is 0 Å². The van der Waals surface area contributed by atoms with Crippen molar-refractivity contribution in [1.82, 2.24) is 24.8 Å². The quantitative estimate of drug-likeness (QED) is 0.104. The second kappa shape index (κ2) is 17.4. The molecule has 5 aromatic carbocycles. The van der Waals surface area contributed by atoms with Crippen LogP contribution in [-0.2, 0) is 31.0 Å². The number of hydrogen-bond donors (Lipinski definition) is 0. The molecule has 0 unspecified atom stereocenters. The molecular weight excluding hydrogens is 675 g/mol. The minimum Gasteiger partial charge on any atom is -0.488 e. The van der Waals surface area contributed by atoms with Crippen LogP contribution in [0.1, 0.15) is 58.1 Å². The number of benzene rings is 5. The summed E-state index contributed by atoms with van der Waals surface area (Å²) in [5, 5.41) is 8.92. The summed E-state index contributed by atoms with van der Waals surface area (Å²) in [4.78, 5) is 18.2. The van der Waals surface area contributed by atoms with E-state index in [0.29, 0.717) is 30.3 Å². The van der Waals surface area contributed by atoms with Gasteiger partial charge in [0, 0.05) is 50.9 Å². The van der Waals surface area contributed by atoms with Crippen molar-refractivity contribution in [3.05, 3.63) is 161 Å². The topological polar surface area (TPSA) is 81.9 Å². The van der Waals surface area contributed by atoms with Crippen LogP contribution in [0.3, 0.4) is 0 Å². The van der Waals surface area contributed by atoms with E-state index in [1.165, 1.54) is 18.2 Å². The maximum atomic E-state index is 13.2. The van der Waals surface area contributed by atoms with E-state index < -0.39 is 5.97 Å². The van der Waals surface area contributed by atoms with Gasteiger partial charge in [0.2, 0.25) is 0 Å². The summed E-state index contributed by atoms with van der Waals surface area (Å²) < 4.78 is 19.9. The Morgan fingerprint density at radius 3 is 1.67 bits per heavy atom. The van der Waals surface area contributed by atoms with Crippen LogP contribution in [0.4, 0.5) is 0 Å². The van der Waals surface area contributed by atoms with Crippen LogP contribution < -0.4 is 9.47 Å². The van der Waals surface area contributed by atoms with Crippen LogP contribution in [0.15, 0.2) is 127 Å². The molecule has 9 nitrogen and oxygen atoms in total. The molecule has 1 aliphatic rings. The Bertz CT molecular complexity index is 2110. The van der Waals surface area contributed by atoms with Gasteiger partial charge in [0.05, 0.1) is 7.11 Å². The van der Waals surface area contributed by atoms with Crippen molar-refractivity contribution in [2.45, 2.75) is 46.1 Å². The first-order chi connectivity index (χ1) is 26.4. The predicted octanol–water partition coefficient (Wildman–Crippen LogP) is 8.32. The summed E-state index contributed by atoms with van der Waals surface area (Å²) in [6.07, 6.45) is 0. The number of hydrogen-bond acceptors (Lipinski definition) is 8. The van der Waals surface area contributed by atoms with E-state index >= 15 is 0 Å². The van der Waals surface area contributed by atoms with E-state index in [0.717, 1.165) is 67.3 Å². The molecule has 0 amide bonds. The zero-order valence-electron chi connectivity index (χ0n) is 31.2. The lowest BCUT2D eigenvalue weighted by atomic mass is 10.00. The standard InChI is InChI=1S/C45H47N5O4/c1-33(2)39-27-40(42(54-32-37-17-11-6-12-18-37)28-41(39)53-31-36-15-9-5-10-16-36)50-44(43(46-47-50)45(51)52-3)38-21-19-35(20-22-38)30-49-25-23-48(24-26-49)29-34-13-7-4-8-14-34/h4-22,27-28,33H,23-26,29-32H2,1-3H3. The number of rotatable bonds is 14. The van der Waals surface area contributed by atoms with Gasteiger partial charge in [0.15, 0.2) is 5.69 Å². The second-order valence-electron chi connectivity index (χ2n) is 14.0. The molecule has 0 spiro atoms. The Morgan fingerprint density at radius 2 is 1.15 bits per heavy atom. The van der Waals surface area contributed by atoms with Crippen LogP contribution >= 0.6 is 0 Å². The minimum atomic E-state index is -0.563.